The molecule has 1 rings (SSSR count). The summed E-state index contributed by atoms with van der Waals surface area (Å²) in [5.41, 5.74) is 0. The number of carbonyl (C=O) groups is 2. The van der Waals surface area contributed by atoms with Crippen molar-refractivity contribution in [3.63, 3.8) is 0 Å². The first kappa shape index (κ1) is 16.5. The maximum atomic E-state index is 12.0. The Hall–Kier alpha value is -1.56. The molecule has 0 saturated carbocycles. The number of aliphatic carboxylic acids is 1. The summed E-state index contributed by atoms with van der Waals surface area (Å²) in [6, 6.07) is -0.349. The maximum absolute atomic E-state index is 12.0. The van der Waals surface area contributed by atoms with Crippen LogP contribution in [0.1, 0.15) is 26.2 Å². The van der Waals surface area contributed by atoms with Gasteiger partial charge in [0.25, 0.3) is 0 Å². The molecule has 1 atom stereocenters. The second kappa shape index (κ2) is 8.58. The maximum Gasteiger partial charge on any atom is 0.323 e. The number of carboxylic acids is 1. The predicted octanol–water partition coefficient (Wildman–Crippen LogP) is 1.14. The van der Waals surface area contributed by atoms with Gasteiger partial charge in [-0.3, -0.25) is 4.79 Å². The van der Waals surface area contributed by atoms with Crippen LogP contribution in [0.25, 0.3) is 0 Å². The molecule has 1 aliphatic heterocycles. The summed E-state index contributed by atoms with van der Waals surface area (Å²) in [6.45, 7) is 8.36. The molecule has 0 radical (unpaired) electrons. The predicted molar refractivity (Wildman–Crippen MR) is 77.7 cm³/mol. The highest BCUT2D eigenvalue weighted by molar-refractivity contribution is 5.80. The molecule has 0 aliphatic carbocycles. The van der Waals surface area contributed by atoms with Crippen LogP contribution in [0, 0.1) is 0 Å². The molecule has 0 spiro atoms. The lowest BCUT2D eigenvalue weighted by Crippen LogP contribution is -2.49. The number of hydrogen-bond acceptors (Lipinski definition) is 3. The molecule has 6 nitrogen and oxygen atoms in total. The molecule has 114 valence electrons. The number of amides is 2. The van der Waals surface area contributed by atoms with E-state index in [9.17, 15) is 9.59 Å². The Morgan fingerprint density at radius 3 is 2.60 bits per heavy atom. The second-order valence-corrected chi connectivity index (χ2v) is 5.27. The fourth-order valence-corrected chi connectivity index (χ4v) is 2.42. The van der Waals surface area contributed by atoms with Gasteiger partial charge in [0, 0.05) is 19.1 Å². The van der Waals surface area contributed by atoms with Gasteiger partial charge in [-0.05, 0) is 32.9 Å². The van der Waals surface area contributed by atoms with Gasteiger partial charge in [-0.1, -0.05) is 12.5 Å². The van der Waals surface area contributed by atoms with Gasteiger partial charge in [-0.25, -0.2) is 4.79 Å². The third-order valence-electron chi connectivity index (χ3n) is 3.31. The van der Waals surface area contributed by atoms with Gasteiger partial charge in [0.15, 0.2) is 0 Å². The first-order valence-corrected chi connectivity index (χ1v) is 7.13. The third kappa shape index (κ3) is 6.06. The molecule has 1 saturated heterocycles. The summed E-state index contributed by atoms with van der Waals surface area (Å²) in [5, 5.41) is 11.6. The fourth-order valence-electron chi connectivity index (χ4n) is 2.42. The zero-order valence-corrected chi connectivity index (χ0v) is 12.2. The molecule has 2 amide bonds. The number of nitrogens with zero attached hydrogens (tertiary/aromatic N) is 2. The SMILES string of the molecule is C=CCN(CC(=O)O)C(=O)NC(C)CN1CCCCC1. The number of carbonyl (C=O) groups excluding carboxylic acids is 1. The van der Waals surface area contributed by atoms with E-state index in [2.05, 4.69) is 16.8 Å². The minimum Gasteiger partial charge on any atom is -0.480 e. The average Bonchev–Trinajstić information content (AvgIpc) is 2.38. The molecule has 0 aromatic heterocycles. The first-order valence-electron chi connectivity index (χ1n) is 7.13. The zero-order chi connectivity index (χ0) is 15.0. The van der Waals surface area contributed by atoms with Gasteiger partial charge in [-0.15, -0.1) is 6.58 Å². The molecular formula is C14H25N3O3. The van der Waals surface area contributed by atoms with Crippen LogP contribution in [0.5, 0.6) is 0 Å². The fraction of sp³-hybridized carbons (Fsp3) is 0.714. The molecule has 6 heteroatoms. The number of rotatable bonds is 7. The smallest absolute Gasteiger partial charge is 0.323 e. The van der Waals surface area contributed by atoms with Crippen LogP contribution >= 0.6 is 0 Å². The van der Waals surface area contributed by atoms with Crippen LogP contribution in [0.15, 0.2) is 12.7 Å². The molecule has 1 aliphatic rings. The van der Waals surface area contributed by atoms with E-state index in [4.69, 9.17) is 5.11 Å². The molecule has 2 N–H and O–H groups in total. The summed E-state index contributed by atoms with van der Waals surface area (Å²) in [4.78, 5) is 26.3. The molecule has 1 unspecified atom stereocenters. The van der Waals surface area contributed by atoms with Crippen LogP contribution in [-0.4, -0.2) is 65.7 Å². The molecule has 0 bridgehead atoms. The van der Waals surface area contributed by atoms with Crippen LogP contribution in [0.4, 0.5) is 4.79 Å². The first-order chi connectivity index (χ1) is 9.52. The van der Waals surface area contributed by atoms with E-state index in [0.29, 0.717) is 0 Å². The summed E-state index contributed by atoms with van der Waals surface area (Å²) in [5.74, 6) is -1.02. The van der Waals surface area contributed by atoms with E-state index in [0.717, 1.165) is 19.6 Å². The highest BCUT2D eigenvalue weighted by Gasteiger charge is 2.19. The third-order valence-corrected chi connectivity index (χ3v) is 3.31. The van der Waals surface area contributed by atoms with E-state index in [1.165, 1.54) is 30.2 Å². The summed E-state index contributed by atoms with van der Waals surface area (Å²) in [7, 11) is 0. The van der Waals surface area contributed by atoms with Crippen molar-refractivity contribution < 1.29 is 14.7 Å². The molecule has 20 heavy (non-hydrogen) atoms. The van der Waals surface area contributed by atoms with E-state index < -0.39 is 5.97 Å². The lowest BCUT2D eigenvalue weighted by Gasteiger charge is -2.30. The Kier molecular flexibility index (Phi) is 7.08. The van der Waals surface area contributed by atoms with Gasteiger partial charge < -0.3 is 20.2 Å². The van der Waals surface area contributed by atoms with E-state index in [-0.39, 0.29) is 25.2 Å². The highest BCUT2D eigenvalue weighted by atomic mass is 16.4. The molecule has 0 aromatic rings. The van der Waals surface area contributed by atoms with Gasteiger partial charge in [-0.2, -0.15) is 0 Å². The Bertz CT molecular complexity index is 341. The number of hydrogen-bond donors (Lipinski definition) is 2. The van der Waals surface area contributed by atoms with Crippen molar-refractivity contribution in [3.05, 3.63) is 12.7 Å². The van der Waals surface area contributed by atoms with E-state index in [1.54, 1.807) is 0 Å². The largest absolute Gasteiger partial charge is 0.480 e. The van der Waals surface area contributed by atoms with Crippen LogP contribution in [-0.2, 0) is 4.79 Å². The van der Waals surface area contributed by atoms with Crippen molar-refractivity contribution in [2.24, 2.45) is 0 Å². The van der Waals surface area contributed by atoms with Crippen molar-refractivity contribution in [1.29, 1.82) is 0 Å². The number of carboxylic acid groups (broad SMARTS) is 1. The molecule has 1 fully saturated rings. The van der Waals surface area contributed by atoms with Gasteiger partial charge in [0.2, 0.25) is 0 Å². The number of piperidine rings is 1. The monoisotopic (exact) mass is 283 g/mol. The minimum absolute atomic E-state index is 0.00158. The lowest BCUT2D eigenvalue weighted by atomic mass is 10.1. The number of urea groups is 1. The summed E-state index contributed by atoms with van der Waals surface area (Å²) in [6.07, 6.45) is 5.23. The minimum atomic E-state index is -1.02. The normalized spacial score (nSPS) is 17.2. The van der Waals surface area contributed by atoms with Crippen LogP contribution in [0.2, 0.25) is 0 Å². The van der Waals surface area contributed by atoms with Crippen LogP contribution in [0.3, 0.4) is 0 Å². The summed E-state index contributed by atoms with van der Waals surface area (Å²) >= 11 is 0. The Morgan fingerprint density at radius 1 is 1.40 bits per heavy atom. The highest BCUT2D eigenvalue weighted by Crippen LogP contribution is 2.08. The van der Waals surface area contributed by atoms with E-state index in [1.807, 2.05) is 6.92 Å². The van der Waals surface area contributed by atoms with Crippen molar-refractivity contribution >= 4 is 12.0 Å². The van der Waals surface area contributed by atoms with Crippen molar-refractivity contribution in [1.82, 2.24) is 15.1 Å². The lowest BCUT2D eigenvalue weighted by molar-refractivity contribution is -0.137. The van der Waals surface area contributed by atoms with E-state index >= 15 is 0 Å². The standard InChI is InChI=1S/C14H25N3O3/c1-3-7-17(11-13(18)19)14(20)15-12(2)10-16-8-5-4-6-9-16/h3,12H,1,4-11H2,2H3,(H,15,20)(H,18,19). The van der Waals surface area contributed by atoms with Crippen molar-refractivity contribution in [2.75, 3.05) is 32.7 Å². The van der Waals surface area contributed by atoms with Crippen LogP contribution < -0.4 is 5.32 Å². The van der Waals surface area contributed by atoms with Crippen molar-refractivity contribution in [3.8, 4) is 0 Å². The zero-order valence-electron chi connectivity index (χ0n) is 12.2. The van der Waals surface area contributed by atoms with Gasteiger partial charge >= 0.3 is 12.0 Å². The summed E-state index contributed by atoms with van der Waals surface area (Å²) < 4.78 is 0. The topological polar surface area (TPSA) is 72.9 Å². The molecule has 1 heterocycles. The molecule has 0 aromatic carbocycles. The number of likely N-dealkylation sites (tertiary alicyclic amines) is 1. The van der Waals surface area contributed by atoms with Gasteiger partial charge in [0.05, 0.1) is 0 Å². The Balaban J connectivity index is 2.40. The number of nitrogens with one attached hydrogen (secondary N) is 1. The van der Waals surface area contributed by atoms with Crippen molar-refractivity contribution in [2.45, 2.75) is 32.2 Å². The quantitative estimate of drug-likeness (QED) is 0.687. The Labute approximate surface area is 120 Å². The second-order valence-electron chi connectivity index (χ2n) is 5.27. The Morgan fingerprint density at radius 2 is 2.05 bits per heavy atom. The van der Waals surface area contributed by atoms with Gasteiger partial charge in [0.1, 0.15) is 6.54 Å². The molecular weight excluding hydrogens is 258 g/mol. The average molecular weight is 283 g/mol.